The monoisotopic (exact) mass is 245 g/mol. The maximum absolute atomic E-state index is 11.3. The van der Waals surface area contributed by atoms with E-state index in [1.165, 1.54) is 7.11 Å². The fraction of sp³-hybridized carbons (Fsp3) is 0.231. The minimum absolute atomic E-state index is 0.413. The molecule has 1 aromatic heterocycles. The second-order valence-electron chi connectivity index (χ2n) is 4.09. The number of pyridine rings is 1. The third-order valence-corrected chi connectivity index (χ3v) is 2.82. The fourth-order valence-corrected chi connectivity index (χ4v) is 1.87. The molecule has 0 aliphatic heterocycles. The molecule has 2 aromatic rings. The van der Waals surface area contributed by atoms with Crippen LogP contribution in [0.5, 0.6) is 0 Å². The van der Waals surface area contributed by atoms with Crippen molar-refractivity contribution in [1.82, 2.24) is 4.98 Å². The molecule has 1 heterocycles. The van der Waals surface area contributed by atoms with E-state index in [1.807, 2.05) is 24.3 Å². The molecule has 18 heavy (non-hydrogen) atoms. The summed E-state index contributed by atoms with van der Waals surface area (Å²) in [6, 6.07) is 6.96. The average molecular weight is 245 g/mol. The van der Waals surface area contributed by atoms with Gasteiger partial charge >= 0.3 is 5.97 Å². The number of aromatic nitrogens is 1. The van der Waals surface area contributed by atoms with Crippen molar-refractivity contribution in [2.45, 2.75) is 12.5 Å². The number of hydrogen-bond donors (Lipinski definition) is 2. The summed E-state index contributed by atoms with van der Waals surface area (Å²) in [6.45, 7) is 0. The van der Waals surface area contributed by atoms with Crippen LogP contribution in [0.15, 0.2) is 30.5 Å². The van der Waals surface area contributed by atoms with Gasteiger partial charge in [-0.15, -0.1) is 0 Å². The molecule has 0 amide bonds. The zero-order chi connectivity index (χ0) is 13.1. The Morgan fingerprint density at radius 3 is 2.94 bits per heavy atom. The van der Waals surface area contributed by atoms with E-state index in [1.54, 1.807) is 6.20 Å². The molecule has 0 aliphatic carbocycles. The van der Waals surface area contributed by atoms with Crippen molar-refractivity contribution in [3.63, 3.8) is 0 Å². The van der Waals surface area contributed by atoms with Gasteiger partial charge in [0.1, 0.15) is 11.9 Å². The van der Waals surface area contributed by atoms with Gasteiger partial charge in [-0.25, -0.2) is 4.98 Å². The predicted molar refractivity (Wildman–Crippen MR) is 69.9 cm³/mol. The first-order valence-corrected chi connectivity index (χ1v) is 5.58. The quantitative estimate of drug-likeness (QED) is 0.782. The highest BCUT2D eigenvalue weighted by molar-refractivity contribution is 5.91. The molecule has 2 rings (SSSR count). The van der Waals surface area contributed by atoms with Crippen molar-refractivity contribution in [1.29, 1.82) is 0 Å². The number of esters is 1. The third-order valence-electron chi connectivity index (χ3n) is 2.82. The van der Waals surface area contributed by atoms with Gasteiger partial charge in [0, 0.05) is 11.6 Å². The highest BCUT2D eigenvalue weighted by Crippen LogP contribution is 2.20. The molecule has 0 saturated heterocycles. The first-order valence-electron chi connectivity index (χ1n) is 5.58. The Morgan fingerprint density at radius 2 is 2.22 bits per heavy atom. The molecule has 0 fully saturated rings. The van der Waals surface area contributed by atoms with E-state index in [9.17, 15) is 4.79 Å². The molecule has 5 nitrogen and oxygen atoms in total. The van der Waals surface area contributed by atoms with Gasteiger partial charge in [0.05, 0.1) is 7.11 Å². The maximum atomic E-state index is 11.3. The number of rotatable bonds is 3. The molecule has 0 aliphatic rings. The van der Waals surface area contributed by atoms with E-state index in [2.05, 4.69) is 9.72 Å². The highest BCUT2D eigenvalue weighted by atomic mass is 16.5. The molecule has 0 spiro atoms. The summed E-state index contributed by atoms with van der Waals surface area (Å²) in [4.78, 5) is 15.3. The number of nitrogens with two attached hydrogens (primary N) is 2. The van der Waals surface area contributed by atoms with Gasteiger partial charge in [-0.3, -0.25) is 4.79 Å². The summed E-state index contributed by atoms with van der Waals surface area (Å²) in [5.74, 6) is 0.0839. The summed E-state index contributed by atoms with van der Waals surface area (Å²) >= 11 is 0. The van der Waals surface area contributed by atoms with E-state index in [-0.39, 0.29) is 0 Å². The van der Waals surface area contributed by atoms with Gasteiger partial charge in [0.25, 0.3) is 0 Å². The highest BCUT2D eigenvalue weighted by Gasteiger charge is 2.14. The third kappa shape index (κ3) is 2.41. The Labute approximate surface area is 105 Å². The number of fused-ring (bicyclic) bond motifs is 1. The van der Waals surface area contributed by atoms with Crippen LogP contribution in [0.4, 0.5) is 5.82 Å². The van der Waals surface area contributed by atoms with E-state index < -0.39 is 12.0 Å². The first kappa shape index (κ1) is 12.3. The second-order valence-corrected chi connectivity index (χ2v) is 4.09. The summed E-state index contributed by atoms with van der Waals surface area (Å²) in [5.41, 5.74) is 12.5. The van der Waals surface area contributed by atoms with Crippen molar-refractivity contribution in [2.75, 3.05) is 12.8 Å². The molecule has 1 aromatic carbocycles. The topological polar surface area (TPSA) is 91.2 Å². The van der Waals surface area contributed by atoms with Crippen molar-refractivity contribution >= 4 is 22.6 Å². The number of carbonyl (C=O) groups excluding carboxylic acids is 1. The van der Waals surface area contributed by atoms with Crippen LogP contribution >= 0.6 is 0 Å². The number of methoxy groups -OCH3 is 1. The lowest BCUT2D eigenvalue weighted by Gasteiger charge is -2.10. The van der Waals surface area contributed by atoms with Crippen LogP contribution in [0.1, 0.15) is 5.56 Å². The number of anilines is 1. The Kier molecular flexibility index (Phi) is 3.43. The van der Waals surface area contributed by atoms with Crippen LogP contribution < -0.4 is 11.5 Å². The number of nitrogens with zero attached hydrogens (tertiary/aromatic N) is 1. The van der Waals surface area contributed by atoms with E-state index in [0.717, 1.165) is 16.3 Å². The largest absolute Gasteiger partial charge is 0.468 e. The number of nitrogen functional groups attached to an aromatic ring is 1. The summed E-state index contributed by atoms with van der Waals surface area (Å²) in [5, 5.41) is 1.88. The summed E-state index contributed by atoms with van der Waals surface area (Å²) in [7, 11) is 1.33. The predicted octanol–water partition coefficient (Wildman–Crippen LogP) is 0.860. The molecule has 0 saturated carbocycles. The molecular weight excluding hydrogens is 230 g/mol. The second kappa shape index (κ2) is 5.01. The van der Waals surface area contributed by atoms with Crippen LogP contribution in [0.3, 0.4) is 0 Å². The standard InChI is InChI=1S/C13H15N3O2/c1-18-13(17)11(14)7-8-2-3-10-9(6-8)4-5-16-12(10)15/h2-6,11H,7,14H2,1H3,(H2,15,16). The molecule has 1 unspecified atom stereocenters. The minimum atomic E-state index is -0.647. The van der Waals surface area contributed by atoms with Gasteiger partial charge in [0.2, 0.25) is 0 Å². The van der Waals surface area contributed by atoms with E-state index >= 15 is 0 Å². The number of hydrogen-bond acceptors (Lipinski definition) is 5. The van der Waals surface area contributed by atoms with E-state index in [0.29, 0.717) is 12.2 Å². The SMILES string of the molecule is COC(=O)C(N)Cc1ccc2c(N)nccc2c1. The smallest absolute Gasteiger partial charge is 0.322 e. The van der Waals surface area contributed by atoms with Crippen molar-refractivity contribution in [2.24, 2.45) is 5.73 Å². The van der Waals surface area contributed by atoms with Crippen LogP contribution in [0.2, 0.25) is 0 Å². The molecule has 4 N–H and O–H groups in total. The average Bonchev–Trinajstić information content (AvgIpc) is 2.38. The van der Waals surface area contributed by atoms with Crippen LogP contribution in [0.25, 0.3) is 10.8 Å². The summed E-state index contributed by atoms with van der Waals surface area (Å²) in [6.07, 6.45) is 2.09. The van der Waals surface area contributed by atoms with Gasteiger partial charge < -0.3 is 16.2 Å². The van der Waals surface area contributed by atoms with E-state index in [4.69, 9.17) is 11.5 Å². The van der Waals surface area contributed by atoms with Crippen molar-refractivity contribution in [3.8, 4) is 0 Å². The minimum Gasteiger partial charge on any atom is -0.468 e. The lowest BCUT2D eigenvalue weighted by atomic mass is 10.0. The zero-order valence-corrected chi connectivity index (χ0v) is 10.1. The first-order chi connectivity index (χ1) is 8.61. The van der Waals surface area contributed by atoms with Gasteiger partial charge in [-0.05, 0) is 23.4 Å². The molecule has 0 bridgehead atoms. The molecular formula is C13H15N3O2. The number of carbonyl (C=O) groups is 1. The normalized spacial score (nSPS) is 12.3. The Morgan fingerprint density at radius 1 is 1.44 bits per heavy atom. The summed E-state index contributed by atoms with van der Waals surface area (Å²) < 4.78 is 4.60. The molecule has 1 atom stereocenters. The maximum Gasteiger partial charge on any atom is 0.322 e. The van der Waals surface area contributed by atoms with Gasteiger partial charge in [-0.1, -0.05) is 18.2 Å². The molecule has 94 valence electrons. The Bertz CT molecular complexity index is 583. The van der Waals surface area contributed by atoms with Gasteiger partial charge in [0.15, 0.2) is 0 Å². The van der Waals surface area contributed by atoms with Crippen molar-refractivity contribution in [3.05, 3.63) is 36.0 Å². The lowest BCUT2D eigenvalue weighted by Crippen LogP contribution is -2.33. The Balaban J connectivity index is 2.28. The van der Waals surface area contributed by atoms with Crippen LogP contribution in [-0.2, 0) is 16.0 Å². The zero-order valence-electron chi connectivity index (χ0n) is 10.1. The van der Waals surface area contributed by atoms with Gasteiger partial charge in [-0.2, -0.15) is 0 Å². The molecule has 5 heteroatoms. The molecule has 0 radical (unpaired) electrons. The fourth-order valence-electron chi connectivity index (χ4n) is 1.87. The Hall–Kier alpha value is -2.14. The number of benzene rings is 1. The van der Waals surface area contributed by atoms with Crippen molar-refractivity contribution < 1.29 is 9.53 Å². The number of ether oxygens (including phenoxy) is 1. The lowest BCUT2D eigenvalue weighted by molar-refractivity contribution is -0.142. The van der Waals surface area contributed by atoms with Crippen LogP contribution in [0, 0.1) is 0 Å². The van der Waals surface area contributed by atoms with Crippen LogP contribution in [-0.4, -0.2) is 24.1 Å².